The van der Waals surface area contributed by atoms with E-state index in [-0.39, 0.29) is 0 Å². The summed E-state index contributed by atoms with van der Waals surface area (Å²) in [5.74, 6) is 0. The van der Waals surface area contributed by atoms with Gasteiger partial charge in [0, 0.05) is 20.6 Å². The van der Waals surface area contributed by atoms with Gasteiger partial charge in [-0.3, -0.25) is 0 Å². The standard InChI is InChI=1S/C18H9BrCl2N2/c19-12-7-5-11(6-8-12)18-14(10-22)16(21)9-17(23-18)13-3-1-2-4-15(13)20/h1-9H. The summed E-state index contributed by atoms with van der Waals surface area (Å²) < 4.78 is 0.952. The molecule has 0 aliphatic rings. The van der Waals surface area contributed by atoms with Crippen LogP contribution < -0.4 is 0 Å². The van der Waals surface area contributed by atoms with Crippen molar-refractivity contribution in [2.24, 2.45) is 0 Å². The van der Waals surface area contributed by atoms with Crippen molar-refractivity contribution in [2.45, 2.75) is 0 Å². The highest BCUT2D eigenvalue weighted by Gasteiger charge is 2.15. The van der Waals surface area contributed by atoms with Gasteiger partial charge in [0.15, 0.2) is 0 Å². The molecule has 0 saturated carbocycles. The fraction of sp³-hybridized carbons (Fsp3) is 0. The predicted molar refractivity (Wildman–Crippen MR) is 97.5 cm³/mol. The molecular weight excluding hydrogens is 395 g/mol. The summed E-state index contributed by atoms with van der Waals surface area (Å²) in [5.41, 5.74) is 3.13. The molecule has 0 fully saturated rings. The van der Waals surface area contributed by atoms with E-state index in [1.165, 1.54) is 0 Å². The normalized spacial score (nSPS) is 10.3. The van der Waals surface area contributed by atoms with Crippen LogP contribution in [0.2, 0.25) is 10.0 Å². The molecule has 0 bridgehead atoms. The Balaban J connectivity index is 2.25. The molecule has 2 nitrogen and oxygen atoms in total. The summed E-state index contributed by atoms with van der Waals surface area (Å²) in [7, 11) is 0. The van der Waals surface area contributed by atoms with Gasteiger partial charge in [-0.2, -0.15) is 5.26 Å². The van der Waals surface area contributed by atoms with Crippen molar-refractivity contribution in [3.05, 3.63) is 74.7 Å². The van der Waals surface area contributed by atoms with Gasteiger partial charge in [-0.05, 0) is 24.3 Å². The first kappa shape index (κ1) is 16.0. The van der Waals surface area contributed by atoms with Crippen molar-refractivity contribution in [3.63, 3.8) is 0 Å². The smallest absolute Gasteiger partial charge is 0.103 e. The van der Waals surface area contributed by atoms with Gasteiger partial charge in [-0.25, -0.2) is 4.98 Å². The van der Waals surface area contributed by atoms with Crippen LogP contribution in [0.15, 0.2) is 59.1 Å². The van der Waals surface area contributed by atoms with Gasteiger partial charge in [-0.1, -0.05) is 69.5 Å². The number of halogens is 3. The third kappa shape index (κ3) is 3.25. The summed E-state index contributed by atoms with van der Waals surface area (Å²) in [6.07, 6.45) is 0. The first-order valence-electron chi connectivity index (χ1n) is 6.71. The molecule has 3 rings (SSSR count). The molecule has 2 aromatic carbocycles. The van der Waals surface area contributed by atoms with Crippen LogP contribution in [0.5, 0.6) is 0 Å². The monoisotopic (exact) mass is 402 g/mol. The molecular formula is C18H9BrCl2N2. The van der Waals surface area contributed by atoms with Crippen molar-refractivity contribution in [2.75, 3.05) is 0 Å². The Morgan fingerprint density at radius 2 is 1.65 bits per heavy atom. The van der Waals surface area contributed by atoms with Gasteiger partial charge in [0.2, 0.25) is 0 Å². The van der Waals surface area contributed by atoms with E-state index in [0.717, 1.165) is 15.6 Å². The highest BCUT2D eigenvalue weighted by molar-refractivity contribution is 9.10. The predicted octanol–water partition coefficient (Wildman–Crippen LogP) is 6.36. The van der Waals surface area contributed by atoms with Crippen molar-refractivity contribution >= 4 is 39.1 Å². The largest absolute Gasteiger partial charge is 0.246 e. The second kappa shape index (κ2) is 6.72. The number of rotatable bonds is 2. The number of nitriles is 1. The molecule has 0 unspecified atom stereocenters. The SMILES string of the molecule is N#Cc1c(Cl)cc(-c2ccccc2Cl)nc1-c1ccc(Br)cc1. The zero-order chi connectivity index (χ0) is 16.4. The maximum absolute atomic E-state index is 9.42. The van der Waals surface area contributed by atoms with Gasteiger partial charge in [0.05, 0.1) is 22.0 Å². The highest BCUT2D eigenvalue weighted by Crippen LogP contribution is 2.34. The summed E-state index contributed by atoms with van der Waals surface area (Å²) in [4.78, 5) is 4.63. The second-order valence-electron chi connectivity index (χ2n) is 4.81. The average Bonchev–Trinajstić information content (AvgIpc) is 2.55. The van der Waals surface area contributed by atoms with Crippen LogP contribution in [0.3, 0.4) is 0 Å². The Morgan fingerprint density at radius 3 is 2.30 bits per heavy atom. The topological polar surface area (TPSA) is 36.7 Å². The third-order valence-corrected chi connectivity index (χ3v) is 4.51. The molecule has 3 aromatic rings. The molecule has 0 atom stereocenters. The van der Waals surface area contributed by atoms with Gasteiger partial charge < -0.3 is 0 Å². The Bertz CT molecular complexity index is 915. The molecule has 5 heteroatoms. The average molecular weight is 404 g/mol. The number of nitrogens with zero attached hydrogens (tertiary/aromatic N) is 2. The van der Waals surface area contributed by atoms with Gasteiger partial charge in [0.25, 0.3) is 0 Å². The molecule has 0 aliphatic carbocycles. The van der Waals surface area contributed by atoms with Crippen molar-refractivity contribution in [1.82, 2.24) is 4.98 Å². The minimum atomic E-state index is 0.352. The molecule has 0 saturated heterocycles. The van der Waals surface area contributed by atoms with E-state index in [4.69, 9.17) is 23.2 Å². The minimum Gasteiger partial charge on any atom is -0.246 e. The number of hydrogen-bond donors (Lipinski definition) is 0. The Labute approximate surface area is 152 Å². The van der Waals surface area contributed by atoms with Crippen LogP contribution in [-0.4, -0.2) is 4.98 Å². The molecule has 0 N–H and O–H groups in total. The molecule has 0 spiro atoms. The van der Waals surface area contributed by atoms with E-state index in [9.17, 15) is 5.26 Å². The molecule has 1 heterocycles. The van der Waals surface area contributed by atoms with Crippen LogP contribution in [0.25, 0.3) is 22.5 Å². The van der Waals surface area contributed by atoms with Gasteiger partial charge in [-0.15, -0.1) is 0 Å². The zero-order valence-electron chi connectivity index (χ0n) is 11.7. The van der Waals surface area contributed by atoms with E-state index in [1.807, 2.05) is 42.5 Å². The van der Waals surface area contributed by atoms with Gasteiger partial charge in [0.1, 0.15) is 6.07 Å². The number of pyridine rings is 1. The fourth-order valence-corrected chi connectivity index (χ4v) is 2.98. The van der Waals surface area contributed by atoms with Crippen molar-refractivity contribution in [1.29, 1.82) is 5.26 Å². The van der Waals surface area contributed by atoms with E-state index < -0.39 is 0 Å². The van der Waals surface area contributed by atoms with Crippen LogP contribution in [0.4, 0.5) is 0 Å². The van der Waals surface area contributed by atoms with Crippen molar-refractivity contribution < 1.29 is 0 Å². The van der Waals surface area contributed by atoms with Crippen LogP contribution in [0.1, 0.15) is 5.56 Å². The third-order valence-electron chi connectivity index (χ3n) is 3.35. The maximum atomic E-state index is 9.42. The summed E-state index contributed by atoms with van der Waals surface area (Å²) >= 11 is 16.0. The number of benzene rings is 2. The minimum absolute atomic E-state index is 0.352. The first-order chi connectivity index (χ1) is 11.1. The Morgan fingerprint density at radius 1 is 0.957 bits per heavy atom. The number of aromatic nitrogens is 1. The molecule has 23 heavy (non-hydrogen) atoms. The van der Waals surface area contributed by atoms with Crippen LogP contribution in [-0.2, 0) is 0 Å². The summed E-state index contributed by atoms with van der Waals surface area (Å²) in [6.45, 7) is 0. The van der Waals surface area contributed by atoms with E-state index in [2.05, 4.69) is 27.0 Å². The Kier molecular flexibility index (Phi) is 4.68. The summed E-state index contributed by atoms with van der Waals surface area (Å²) in [5, 5.41) is 10.4. The van der Waals surface area contributed by atoms with E-state index in [1.54, 1.807) is 12.1 Å². The van der Waals surface area contributed by atoms with Crippen molar-refractivity contribution in [3.8, 4) is 28.6 Å². The molecule has 0 amide bonds. The summed E-state index contributed by atoms with van der Waals surface area (Å²) in [6, 6.07) is 18.8. The highest BCUT2D eigenvalue weighted by atomic mass is 79.9. The number of hydrogen-bond acceptors (Lipinski definition) is 2. The lowest BCUT2D eigenvalue weighted by Gasteiger charge is -2.10. The van der Waals surface area contributed by atoms with Crippen LogP contribution in [0, 0.1) is 11.3 Å². The zero-order valence-corrected chi connectivity index (χ0v) is 14.8. The van der Waals surface area contributed by atoms with Crippen LogP contribution >= 0.6 is 39.1 Å². The van der Waals surface area contributed by atoms with Gasteiger partial charge >= 0.3 is 0 Å². The lowest BCUT2D eigenvalue weighted by atomic mass is 10.0. The van der Waals surface area contributed by atoms with E-state index in [0.29, 0.717) is 27.0 Å². The lowest BCUT2D eigenvalue weighted by Crippen LogP contribution is -1.94. The molecule has 112 valence electrons. The van der Waals surface area contributed by atoms with E-state index >= 15 is 0 Å². The first-order valence-corrected chi connectivity index (χ1v) is 8.26. The Hall–Kier alpha value is -1.86. The quantitative estimate of drug-likeness (QED) is 0.499. The lowest BCUT2D eigenvalue weighted by molar-refractivity contribution is 1.30. The molecule has 0 aliphatic heterocycles. The fourth-order valence-electron chi connectivity index (χ4n) is 2.24. The molecule has 1 aromatic heterocycles. The second-order valence-corrected chi connectivity index (χ2v) is 6.54. The molecule has 0 radical (unpaired) electrons. The maximum Gasteiger partial charge on any atom is 0.103 e.